The summed E-state index contributed by atoms with van der Waals surface area (Å²) in [6.07, 6.45) is 7.23. The van der Waals surface area contributed by atoms with Gasteiger partial charge in [0.25, 0.3) is 0 Å². The van der Waals surface area contributed by atoms with E-state index in [0.717, 1.165) is 5.92 Å². The minimum atomic E-state index is 0.870. The summed E-state index contributed by atoms with van der Waals surface area (Å²) in [4.78, 5) is 0. The molecular weight excluding hydrogens is 96.1 g/mol. The molecule has 0 nitrogen and oxygen atoms in total. The van der Waals surface area contributed by atoms with E-state index in [1.807, 2.05) is 0 Å². The molecule has 0 amide bonds. The van der Waals surface area contributed by atoms with Gasteiger partial charge in [0, 0.05) is 5.92 Å². The van der Waals surface area contributed by atoms with Crippen molar-refractivity contribution in [3.63, 3.8) is 0 Å². The first-order valence-electron chi connectivity index (χ1n) is 3.32. The van der Waals surface area contributed by atoms with Crippen molar-refractivity contribution in [1.29, 1.82) is 0 Å². The molecule has 2 bridgehead atoms. The molecule has 0 heterocycles. The van der Waals surface area contributed by atoms with Crippen molar-refractivity contribution in [1.82, 2.24) is 0 Å². The molecule has 0 spiro atoms. The summed E-state index contributed by atoms with van der Waals surface area (Å²) >= 11 is 0. The van der Waals surface area contributed by atoms with Crippen molar-refractivity contribution in [2.45, 2.75) is 19.8 Å². The fourth-order valence-electron chi connectivity index (χ4n) is 1.68. The SMILES string of the molecule is CCC1=C2C=CC1C2. The van der Waals surface area contributed by atoms with Crippen molar-refractivity contribution in [2.24, 2.45) is 5.92 Å². The zero-order valence-electron chi connectivity index (χ0n) is 5.15. The molecule has 42 valence electrons. The molecule has 8 heavy (non-hydrogen) atoms. The van der Waals surface area contributed by atoms with E-state index in [2.05, 4.69) is 19.1 Å². The van der Waals surface area contributed by atoms with Gasteiger partial charge >= 0.3 is 0 Å². The zero-order chi connectivity index (χ0) is 5.56. The molecule has 0 N–H and O–H groups in total. The summed E-state index contributed by atoms with van der Waals surface area (Å²) in [6, 6.07) is 0. The quantitative estimate of drug-likeness (QED) is 0.481. The topological polar surface area (TPSA) is 0 Å². The monoisotopic (exact) mass is 106 g/mol. The second-order valence-electron chi connectivity index (χ2n) is 2.57. The lowest BCUT2D eigenvalue weighted by atomic mass is 9.83. The molecule has 3 aliphatic rings. The average molecular weight is 106 g/mol. The number of allylic oxidation sites excluding steroid dienone is 4. The van der Waals surface area contributed by atoms with Crippen LogP contribution in [-0.2, 0) is 0 Å². The Labute approximate surface area is 49.9 Å². The van der Waals surface area contributed by atoms with Crippen molar-refractivity contribution in [3.05, 3.63) is 23.3 Å². The third-order valence-corrected chi connectivity index (χ3v) is 2.21. The predicted molar refractivity (Wildman–Crippen MR) is 34.6 cm³/mol. The second kappa shape index (κ2) is 1.25. The molecule has 0 aromatic rings. The number of hydrogen-bond donors (Lipinski definition) is 0. The highest BCUT2D eigenvalue weighted by molar-refractivity contribution is 5.46. The fourth-order valence-corrected chi connectivity index (χ4v) is 1.68. The summed E-state index contributed by atoms with van der Waals surface area (Å²) in [5.41, 5.74) is 3.32. The average Bonchev–Trinajstić information content (AvgIpc) is 2.19. The van der Waals surface area contributed by atoms with Crippen LogP contribution in [0.1, 0.15) is 19.8 Å². The molecular formula is C8H10. The summed E-state index contributed by atoms with van der Waals surface area (Å²) < 4.78 is 0. The fraction of sp³-hybridized carbons (Fsp3) is 0.500. The Bertz CT molecular complexity index is 172. The lowest BCUT2D eigenvalue weighted by Crippen LogP contribution is -2.07. The minimum Gasteiger partial charge on any atom is -0.0767 e. The van der Waals surface area contributed by atoms with Crippen molar-refractivity contribution in [3.8, 4) is 0 Å². The van der Waals surface area contributed by atoms with Gasteiger partial charge in [0.2, 0.25) is 0 Å². The summed E-state index contributed by atoms with van der Waals surface area (Å²) in [6.45, 7) is 2.24. The smallest absolute Gasteiger partial charge is 0.00261 e. The first-order chi connectivity index (χ1) is 3.92. The molecule has 0 radical (unpaired) electrons. The minimum absolute atomic E-state index is 0.870. The third-order valence-electron chi connectivity index (χ3n) is 2.21. The van der Waals surface area contributed by atoms with Crippen LogP contribution in [0, 0.1) is 5.92 Å². The molecule has 0 aromatic heterocycles. The number of hydrogen-bond acceptors (Lipinski definition) is 0. The molecule has 0 heteroatoms. The van der Waals surface area contributed by atoms with Gasteiger partial charge in [-0.1, -0.05) is 24.6 Å². The highest BCUT2D eigenvalue weighted by Gasteiger charge is 2.28. The van der Waals surface area contributed by atoms with Crippen LogP contribution in [-0.4, -0.2) is 0 Å². The van der Waals surface area contributed by atoms with Crippen molar-refractivity contribution >= 4 is 0 Å². The van der Waals surface area contributed by atoms with Crippen LogP contribution >= 0.6 is 0 Å². The van der Waals surface area contributed by atoms with Crippen LogP contribution in [0.5, 0.6) is 0 Å². The van der Waals surface area contributed by atoms with E-state index in [9.17, 15) is 0 Å². The standard InChI is InChI=1S/C8H10/c1-2-8-6-3-4-7(8)5-6/h3-4,6H,2,5H2,1H3. The van der Waals surface area contributed by atoms with Gasteiger partial charge in [0.05, 0.1) is 0 Å². The van der Waals surface area contributed by atoms with Crippen LogP contribution < -0.4 is 0 Å². The maximum absolute atomic E-state index is 2.33. The zero-order valence-corrected chi connectivity index (χ0v) is 5.15. The normalized spacial score (nSPS) is 31.4. The first-order valence-corrected chi connectivity index (χ1v) is 3.32. The highest BCUT2D eigenvalue weighted by Crippen LogP contribution is 2.43. The summed E-state index contributed by atoms with van der Waals surface area (Å²) in [5.74, 6) is 0.870. The molecule has 3 rings (SSSR count). The van der Waals surface area contributed by atoms with E-state index >= 15 is 0 Å². The molecule has 0 saturated heterocycles. The Morgan fingerprint density at radius 3 is 2.88 bits per heavy atom. The van der Waals surface area contributed by atoms with Crippen LogP contribution in [0.15, 0.2) is 23.3 Å². The largest absolute Gasteiger partial charge is 0.0767 e. The van der Waals surface area contributed by atoms with E-state index < -0.39 is 0 Å². The van der Waals surface area contributed by atoms with Gasteiger partial charge in [-0.25, -0.2) is 0 Å². The van der Waals surface area contributed by atoms with E-state index in [1.165, 1.54) is 12.8 Å². The number of rotatable bonds is 1. The van der Waals surface area contributed by atoms with Gasteiger partial charge in [-0.2, -0.15) is 0 Å². The molecule has 3 aliphatic carbocycles. The second-order valence-corrected chi connectivity index (χ2v) is 2.57. The lowest BCUT2D eigenvalue weighted by molar-refractivity contribution is 0.665. The Morgan fingerprint density at radius 2 is 2.62 bits per heavy atom. The van der Waals surface area contributed by atoms with Gasteiger partial charge in [0.15, 0.2) is 0 Å². The van der Waals surface area contributed by atoms with E-state index in [4.69, 9.17) is 0 Å². The molecule has 0 aromatic carbocycles. The van der Waals surface area contributed by atoms with E-state index in [0.29, 0.717) is 0 Å². The Balaban J connectivity index is 2.31. The van der Waals surface area contributed by atoms with Crippen LogP contribution in [0.2, 0.25) is 0 Å². The maximum atomic E-state index is 2.33. The predicted octanol–water partition coefficient (Wildman–Crippen LogP) is 2.28. The highest BCUT2D eigenvalue weighted by atomic mass is 14.3. The molecule has 0 fully saturated rings. The summed E-state index contributed by atoms with van der Waals surface area (Å²) in [7, 11) is 0. The molecule has 0 saturated carbocycles. The van der Waals surface area contributed by atoms with Gasteiger partial charge in [-0.3, -0.25) is 0 Å². The van der Waals surface area contributed by atoms with Gasteiger partial charge < -0.3 is 0 Å². The molecule has 1 unspecified atom stereocenters. The van der Waals surface area contributed by atoms with Crippen LogP contribution in [0.4, 0.5) is 0 Å². The van der Waals surface area contributed by atoms with E-state index in [1.54, 1.807) is 11.1 Å². The third kappa shape index (κ3) is 0.322. The maximum Gasteiger partial charge on any atom is 0.00261 e. The van der Waals surface area contributed by atoms with Crippen molar-refractivity contribution < 1.29 is 0 Å². The molecule has 1 atom stereocenters. The van der Waals surface area contributed by atoms with Crippen LogP contribution in [0.3, 0.4) is 0 Å². The van der Waals surface area contributed by atoms with Gasteiger partial charge in [-0.15, -0.1) is 0 Å². The first kappa shape index (κ1) is 4.37. The lowest BCUT2D eigenvalue weighted by Gasteiger charge is -2.22. The van der Waals surface area contributed by atoms with Gasteiger partial charge in [-0.05, 0) is 18.4 Å². The van der Waals surface area contributed by atoms with Gasteiger partial charge in [0.1, 0.15) is 0 Å². The Hall–Kier alpha value is -0.520. The molecule has 0 aliphatic heterocycles. The summed E-state index contributed by atoms with van der Waals surface area (Å²) in [5, 5.41) is 0. The van der Waals surface area contributed by atoms with Crippen molar-refractivity contribution in [2.75, 3.05) is 0 Å². The van der Waals surface area contributed by atoms with E-state index in [-0.39, 0.29) is 0 Å². The van der Waals surface area contributed by atoms with Crippen LogP contribution in [0.25, 0.3) is 0 Å². The Kier molecular flexibility index (Phi) is 0.682. The Morgan fingerprint density at radius 1 is 1.75 bits per heavy atom.